The van der Waals surface area contributed by atoms with Gasteiger partial charge in [-0.2, -0.15) is 0 Å². The monoisotopic (exact) mass is 234 g/mol. The standard InChI is InChI=1S/C15H26N2/c1-4-7-16(8-5-2)14-6-9-17-12-13(3)10-15(17)11-14/h10,12,14H,4-9,11H2,1-3H3/t14-/m0/s1. The molecular formula is C15H26N2. The largest absolute Gasteiger partial charge is 0.351 e. The van der Waals surface area contributed by atoms with Crippen LogP contribution in [0.3, 0.4) is 0 Å². The summed E-state index contributed by atoms with van der Waals surface area (Å²) in [6.45, 7) is 10.5. The molecule has 1 atom stereocenters. The minimum Gasteiger partial charge on any atom is -0.351 e. The summed E-state index contributed by atoms with van der Waals surface area (Å²) < 4.78 is 2.45. The molecule has 0 aliphatic carbocycles. The van der Waals surface area contributed by atoms with E-state index in [1.807, 2.05) is 0 Å². The minimum atomic E-state index is 0.775. The maximum atomic E-state index is 2.70. The summed E-state index contributed by atoms with van der Waals surface area (Å²) in [5.41, 5.74) is 2.95. The normalized spacial score (nSPS) is 19.6. The first-order chi connectivity index (χ1) is 8.24. The fourth-order valence-electron chi connectivity index (χ4n) is 3.09. The Morgan fingerprint density at radius 3 is 2.65 bits per heavy atom. The molecule has 1 aromatic heterocycles. The van der Waals surface area contributed by atoms with Crippen molar-refractivity contribution in [1.82, 2.24) is 9.47 Å². The van der Waals surface area contributed by atoms with Gasteiger partial charge in [0.25, 0.3) is 0 Å². The Hall–Kier alpha value is -0.760. The van der Waals surface area contributed by atoms with Crippen LogP contribution in [0, 0.1) is 6.92 Å². The van der Waals surface area contributed by atoms with Gasteiger partial charge in [0.1, 0.15) is 0 Å². The van der Waals surface area contributed by atoms with Crippen LogP contribution in [0.4, 0.5) is 0 Å². The SMILES string of the molecule is CCCN(CCC)[C@H]1CCn2cc(C)cc2C1. The number of nitrogens with zero attached hydrogens (tertiary/aromatic N) is 2. The van der Waals surface area contributed by atoms with E-state index in [2.05, 4.69) is 42.5 Å². The van der Waals surface area contributed by atoms with Crippen molar-refractivity contribution in [1.29, 1.82) is 0 Å². The number of aromatic nitrogens is 1. The Kier molecular flexibility index (Phi) is 4.27. The smallest absolute Gasteiger partial charge is 0.0237 e. The van der Waals surface area contributed by atoms with Crippen molar-refractivity contribution in [3.05, 3.63) is 23.5 Å². The highest BCUT2D eigenvalue weighted by Gasteiger charge is 2.23. The van der Waals surface area contributed by atoms with Gasteiger partial charge < -0.3 is 4.57 Å². The fraction of sp³-hybridized carbons (Fsp3) is 0.733. The van der Waals surface area contributed by atoms with Crippen LogP contribution >= 0.6 is 0 Å². The molecule has 0 saturated heterocycles. The second-order valence-electron chi connectivity index (χ2n) is 5.38. The summed E-state index contributed by atoms with van der Waals surface area (Å²) in [5, 5.41) is 0. The van der Waals surface area contributed by atoms with Gasteiger partial charge in [-0.25, -0.2) is 0 Å². The Morgan fingerprint density at radius 2 is 2.00 bits per heavy atom. The molecular weight excluding hydrogens is 208 g/mol. The van der Waals surface area contributed by atoms with Crippen molar-refractivity contribution in [2.75, 3.05) is 13.1 Å². The predicted octanol–water partition coefficient (Wildman–Crippen LogP) is 3.23. The number of hydrogen-bond donors (Lipinski definition) is 0. The van der Waals surface area contributed by atoms with Gasteiger partial charge >= 0.3 is 0 Å². The first-order valence-electron chi connectivity index (χ1n) is 7.14. The van der Waals surface area contributed by atoms with Crippen molar-refractivity contribution < 1.29 is 0 Å². The molecule has 0 saturated carbocycles. The van der Waals surface area contributed by atoms with Gasteiger partial charge in [0.2, 0.25) is 0 Å². The van der Waals surface area contributed by atoms with Crippen LogP contribution in [-0.4, -0.2) is 28.6 Å². The second kappa shape index (κ2) is 5.72. The van der Waals surface area contributed by atoms with Crippen molar-refractivity contribution in [3.8, 4) is 0 Å². The average Bonchev–Trinajstić information content (AvgIpc) is 2.67. The second-order valence-corrected chi connectivity index (χ2v) is 5.38. The van der Waals surface area contributed by atoms with E-state index in [4.69, 9.17) is 0 Å². The van der Waals surface area contributed by atoms with Gasteiger partial charge in [-0.3, -0.25) is 4.90 Å². The first kappa shape index (κ1) is 12.7. The molecule has 2 heteroatoms. The summed E-state index contributed by atoms with van der Waals surface area (Å²) >= 11 is 0. The molecule has 96 valence electrons. The van der Waals surface area contributed by atoms with E-state index >= 15 is 0 Å². The van der Waals surface area contributed by atoms with E-state index in [0.29, 0.717) is 0 Å². The third kappa shape index (κ3) is 2.92. The number of rotatable bonds is 5. The Labute approximate surface area is 106 Å². The van der Waals surface area contributed by atoms with Crippen LogP contribution < -0.4 is 0 Å². The third-order valence-electron chi connectivity index (χ3n) is 3.81. The first-order valence-corrected chi connectivity index (χ1v) is 7.14. The molecule has 0 radical (unpaired) electrons. The van der Waals surface area contributed by atoms with Gasteiger partial charge in [0.15, 0.2) is 0 Å². The molecule has 0 N–H and O–H groups in total. The van der Waals surface area contributed by atoms with E-state index in [9.17, 15) is 0 Å². The van der Waals surface area contributed by atoms with Crippen LogP contribution in [0.25, 0.3) is 0 Å². The van der Waals surface area contributed by atoms with Gasteiger partial charge in [0.05, 0.1) is 0 Å². The van der Waals surface area contributed by atoms with Gasteiger partial charge in [-0.1, -0.05) is 13.8 Å². The summed E-state index contributed by atoms with van der Waals surface area (Å²) in [6, 6.07) is 3.14. The Morgan fingerprint density at radius 1 is 1.29 bits per heavy atom. The summed E-state index contributed by atoms with van der Waals surface area (Å²) in [4.78, 5) is 2.70. The van der Waals surface area contributed by atoms with Gasteiger partial charge in [-0.15, -0.1) is 0 Å². The molecule has 0 unspecified atom stereocenters. The molecule has 0 aromatic carbocycles. The predicted molar refractivity (Wildman–Crippen MR) is 73.4 cm³/mol. The van der Waals surface area contributed by atoms with Crippen LogP contribution in [0.5, 0.6) is 0 Å². The number of hydrogen-bond acceptors (Lipinski definition) is 1. The zero-order valence-corrected chi connectivity index (χ0v) is 11.6. The van der Waals surface area contributed by atoms with Gasteiger partial charge in [0, 0.05) is 30.9 Å². The molecule has 0 amide bonds. The zero-order valence-electron chi connectivity index (χ0n) is 11.6. The lowest BCUT2D eigenvalue weighted by Crippen LogP contribution is -2.41. The lowest BCUT2D eigenvalue weighted by molar-refractivity contribution is 0.167. The van der Waals surface area contributed by atoms with Crippen molar-refractivity contribution in [2.24, 2.45) is 0 Å². The van der Waals surface area contributed by atoms with Crippen molar-refractivity contribution in [3.63, 3.8) is 0 Å². The van der Waals surface area contributed by atoms with Crippen LogP contribution in [-0.2, 0) is 13.0 Å². The highest BCUT2D eigenvalue weighted by molar-refractivity contribution is 5.19. The maximum Gasteiger partial charge on any atom is 0.0237 e. The number of aryl methyl sites for hydroxylation is 2. The van der Waals surface area contributed by atoms with E-state index in [1.165, 1.54) is 56.6 Å². The highest BCUT2D eigenvalue weighted by Crippen LogP contribution is 2.22. The molecule has 1 aliphatic rings. The summed E-state index contributed by atoms with van der Waals surface area (Å²) in [7, 11) is 0. The van der Waals surface area contributed by atoms with Crippen LogP contribution in [0.1, 0.15) is 44.4 Å². The molecule has 0 spiro atoms. The summed E-state index contributed by atoms with van der Waals surface area (Å²) in [6.07, 6.45) is 7.41. The number of fused-ring (bicyclic) bond motifs is 1. The molecule has 1 aliphatic heterocycles. The molecule has 0 fully saturated rings. The summed E-state index contributed by atoms with van der Waals surface area (Å²) in [5.74, 6) is 0. The third-order valence-corrected chi connectivity index (χ3v) is 3.81. The molecule has 2 heterocycles. The van der Waals surface area contributed by atoms with Crippen LogP contribution in [0.15, 0.2) is 12.3 Å². The topological polar surface area (TPSA) is 8.17 Å². The van der Waals surface area contributed by atoms with Crippen LogP contribution in [0.2, 0.25) is 0 Å². The van der Waals surface area contributed by atoms with E-state index in [1.54, 1.807) is 0 Å². The van der Waals surface area contributed by atoms with E-state index in [-0.39, 0.29) is 0 Å². The quantitative estimate of drug-likeness (QED) is 0.759. The molecule has 0 bridgehead atoms. The van der Waals surface area contributed by atoms with E-state index in [0.717, 1.165) is 6.04 Å². The minimum absolute atomic E-state index is 0.775. The average molecular weight is 234 g/mol. The molecule has 2 rings (SSSR count). The molecule has 1 aromatic rings. The Bertz CT molecular complexity index is 348. The maximum absolute atomic E-state index is 2.70. The Balaban J connectivity index is 2.04. The lowest BCUT2D eigenvalue weighted by Gasteiger charge is -2.34. The fourth-order valence-corrected chi connectivity index (χ4v) is 3.09. The zero-order chi connectivity index (χ0) is 12.3. The van der Waals surface area contributed by atoms with Crippen molar-refractivity contribution in [2.45, 2.75) is 59.0 Å². The van der Waals surface area contributed by atoms with Gasteiger partial charge in [-0.05, 0) is 50.9 Å². The molecule has 17 heavy (non-hydrogen) atoms. The lowest BCUT2D eigenvalue weighted by atomic mass is 10.0. The van der Waals surface area contributed by atoms with E-state index < -0.39 is 0 Å². The highest BCUT2D eigenvalue weighted by atomic mass is 15.2. The van der Waals surface area contributed by atoms with Crippen molar-refractivity contribution >= 4 is 0 Å². The molecule has 2 nitrogen and oxygen atoms in total.